The lowest BCUT2D eigenvalue weighted by molar-refractivity contribution is -0.200. The van der Waals surface area contributed by atoms with E-state index in [0.717, 1.165) is 0 Å². The SMILES string of the molecule is O=C1CC(=O)N([C@@H]2O[C@@](COP3(=S)OCc4ccccc4O3)(C(F)F)[C@@H](O)[C@H]2O)C=C1F. The molecule has 14 heteroatoms. The summed E-state index contributed by atoms with van der Waals surface area (Å²) in [5.41, 5.74) is -2.18. The van der Waals surface area contributed by atoms with Gasteiger partial charge in [0.05, 0.1) is 19.6 Å². The lowest BCUT2D eigenvalue weighted by Gasteiger charge is -2.35. The highest BCUT2D eigenvalue weighted by molar-refractivity contribution is 8.07. The minimum atomic E-state index is -3.58. The van der Waals surface area contributed by atoms with Gasteiger partial charge in [0.1, 0.15) is 18.0 Å². The number of para-hydroxylation sites is 1. The van der Waals surface area contributed by atoms with Gasteiger partial charge in [0.15, 0.2) is 17.7 Å². The number of halogens is 3. The van der Waals surface area contributed by atoms with Crippen molar-refractivity contribution in [3.05, 3.63) is 41.9 Å². The number of alkyl halides is 2. The van der Waals surface area contributed by atoms with Crippen LogP contribution in [0.5, 0.6) is 5.75 Å². The van der Waals surface area contributed by atoms with Gasteiger partial charge in [0, 0.05) is 23.6 Å². The predicted octanol–water partition coefficient (Wildman–Crippen LogP) is 1.53. The Morgan fingerprint density at radius 2 is 2.03 bits per heavy atom. The minimum absolute atomic E-state index is 0.00414. The van der Waals surface area contributed by atoms with Crippen LogP contribution >= 0.6 is 6.72 Å². The lowest BCUT2D eigenvalue weighted by atomic mass is 9.96. The molecule has 3 aliphatic rings. The monoisotopic (exact) mass is 495 g/mol. The molecule has 0 aromatic heterocycles. The number of ether oxygens (including phenoxy) is 1. The summed E-state index contributed by atoms with van der Waals surface area (Å²) in [5, 5.41) is 20.7. The van der Waals surface area contributed by atoms with E-state index in [0.29, 0.717) is 22.4 Å². The molecule has 0 aliphatic carbocycles. The van der Waals surface area contributed by atoms with E-state index in [2.05, 4.69) is 0 Å². The van der Waals surface area contributed by atoms with E-state index in [4.69, 9.17) is 30.1 Å². The quantitative estimate of drug-likeness (QED) is 0.464. The number of benzene rings is 1. The van der Waals surface area contributed by atoms with Crippen molar-refractivity contribution in [2.75, 3.05) is 6.61 Å². The molecular formula is C18H17F3NO8PS. The zero-order valence-electron chi connectivity index (χ0n) is 16.1. The number of hydrogen-bond acceptors (Lipinski definition) is 9. The molecule has 5 atom stereocenters. The summed E-state index contributed by atoms with van der Waals surface area (Å²) in [5.74, 6) is -3.07. The van der Waals surface area contributed by atoms with E-state index >= 15 is 0 Å². The topological polar surface area (TPSA) is 115 Å². The van der Waals surface area contributed by atoms with E-state index < -0.39 is 67.7 Å². The molecule has 1 saturated heterocycles. The Labute approximate surface area is 184 Å². The zero-order valence-corrected chi connectivity index (χ0v) is 17.8. The number of carbonyl (C=O) groups is 2. The van der Waals surface area contributed by atoms with Crippen molar-refractivity contribution < 1.29 is 51.3 Å². The summed E-state index contributed by atoms with van der Waals surface area (Å²) < 4.78 is 63.4. The van der Waals surface area contributed by atoms with Crippen LogP contribution in [-0.2, 0) is 41.8 Å². The average molecular weight is 495 g/mol. The third-order valence-corrected chi connectivity index (χ3v) is 7.39. The van der Waals surface area contributed by atoms with Gasteiger partial charge in [0.25, 0.3) is 6.43 Å². The van der Waals surface area contributed by atoms with Gasteiger partial charge >= 0.3 is 6.72 Å². The van der Waals surface area contributed by atoms with E-state index in [-0.39, 0.29) is 6.61 Å². The van der Waals surface area contributed by atoms with Crippen molar-refractivity contribution >= 4 is 30.2 Å². The van der Waals surface area contributed by atoms with Gasteiger partial charge < -0.3 is 19.5 Å². The van der Waals surface area contributed by atoms with Crippen LogP contribution in [0.2, 0.25) is 0 Å². The summed E-state index contributed by atoms with van der Waals surface area (Å²) in [6.07, 6.45) is -10.1. The fraction of sp³-hybridized carbons (Fsp3) is 0.444. The van der Waals surface area contributed by atoms with Crippen molar-refractivity contribution in [2.45, 2.75) is 43.5 Å². The number of fused-ring (bicyclic) bond motifs is 1. The fourth-order valence-electron chi connectivity index (χ4n) is 3.44. The zero-order chi connectivity index (χ0) is 23.3. The van der Waals surface area contributed by atoms with Crippen LogP contribution in [0.25, 0.3) is 0 Å². The molecule has 32 heavy (non-hydrogen) atoms. The first-order valence-corrected chi connectivity index (χ1v) is 11.8. The largest absolute Gasteiger partial charge is 0.424 e. The van der Waals surface area contributed by atoms with Gasteiger partial charge in [-0.05, 0) is 6.07 Å². The predicted molar refractivity (Wildman–Crippen MR) is 103 cm³/mol. The average Bonchev–Trinajstić information content (AvgIpc) is 3.01. The van der Waals surface area contributed by atoms with E-state index in [9.17, 15) is 33.0 Å². The van der Waals surface area contributed by atoms with E-state index in [1.807, 2.05) is 0 Å². The maximum atomic E-state index is 14.1. The number of allylic oxidation sites excluding steroid dienone is 1. The Kier molecular flexibility index (Phi) is 6.18. The molecule has 4 rings (SSSR count). The number of amides is 1. The first-order chi connectivity index (χ1) is 15.1. The number of ketones is 1. The highest BCUT2D eigenvalue weighted by atomic mass is 32.5. The third kappa shape index (κ3) is 3.98. The van der Waals surface area contributed by atoms with Gasteiger partial charge in [-0.25, -0.2) is 13.2 Å². The van der Waals surface area contributed by atoms with Gasteiger partial charge in [-0.1, -0.05) is 18.2 Å². The number of carbonyl (C=O) groups excluding carboxylic acids is 2. The lowest BCUT2D eigenvalue weighted by Crippen LogP contribution is -2.52. The highest BCUT2D eigenvalue weighted by Gasteiger charge is 2.62. The number of nitrogens with zero attached hydrogens (tertiary/aromatic N) is 1. The van der Waals surface area contributed by atoms with E-state index in [1.54, 1.807) is 24.3 Å². The molecule has 1 amide bonds. The molecule has 3 heterocycles. The summed E-state index contributed by atoms with van der Waals surface area (Å²) >= 11 is 5.21. The highest BCUT2D eigenvalue weighted by Crippen LogP contribution is 2.56. The van der Waals surface area contributed by atoms with Crippen molar-refractivity contribution in [1.29, 1.82) is 0 Å². The number of aliphatic hydroxyl groups excluding tert-OH is 2. The second kappa shape index (κ2) is 8.49. The summed E-state index contributed by atoms with van der Waals surface area (Å²) in [6.45, 7) is -4.64. The molecule has 174 valence electrons. The molecule has 1 unspecified atom stereocenters. The van der Waals surface area contributed by atoms with Crippen LogP contribution < -0.4 is 4.52 Å². The van der Waals surface area contributed by atoms with Crippen molar-refractivity contribution in [3.8, 4) is 5.75 Å². The third-order valence-electron chi connectivity index (χ3n) is 5.23. The molecule has 1 aromatic carbocycles. The van der Waals surface area contributed by atoms with Crippen molar-refractivity contribution in [3.63, 3.8) is 0 Å². The molecule has 3 aliphatic heterocycles. The molecule has 0 radical (unpaired) electrons. The summed E-state index contributed by atoms with van der Waals surface area (Å²) in [6, 6.07) is 6.72. The Hall–Kier alpha value is -1.86. The van der Waals surface area contributed by atoms with Crippen LogP contribution in [0.15, 0.2) is 36.3 Å². The van der Waals surface area contributed by atoms with Crippen LogP contribution in [0, 0.1) is 0 Å². The number of rotatable bonds is 5. The number of aliphatic hydroxyl groups is 2. The minimum Gasteiger partial charge on any atom is -0.424 e. The second-order valence-corrected chi connectivity index (χ2v) is 10.2. The Bertz CT molecular complexity index is 1030. The Balaban J connectivity index is 1.55. The number of Topliss-reactive ketones (excluding diaryl/α,β-unsaturated/α-hetero) is 1. The maximum Gasteiger partial charge on any atom is 0.381 e. The van der Waals surface area contributed by atoms with Gasteiger partial charge in [-0.2, -0.15) is 0 Å². The molecule has 1 aromatic rings. The van der Waals surface area contributed by atoms with Crippen molar-refractivity contribution in [2.24, 2.45) is 0 Å². The Morgan fingerprint density at radius 1 is 1.31 bits per heavy atom. The molecule has 2 N–H and O–H groups in total. The maximum absolute atomic E-state index is 14.1. The molecular weight excluding hydrogens is 478 g/mol. The first-order valence-electron chi connectivity index (χ1n) is 9.27. The van der Waals surface area contributed by atoms with Crippen LogP contribution in [-0.4, -0.2) is 63.9 Å². The van der Waals surface area contributed by atoms with Crippen LogP contribution in [0.4, 0.5) is 13.2 Å². The molecule has 9 nitrogen and oxygen atoms in total. The second-order valence-electron chi connectivity index (χ2n) is 7.27. The number of hydrogen-bond donors (Lipinski definition) is 2. The van der Waals surface area contributed by atoms with Crippen LogP contribution in [0.1, 0.15) is 12.0 Å². The molecule has 0 saturated carbocycles. The first kappa shape index (κ1) is 23.3. The van der Waals surface area contributed by atoms with Gasteiger partial charge in [0.2, 0.25) is 11.7 Å². The normalized spacial score (nSPS) is 35.0. The smallest absolute Gasteiger partial charge is 0.381 e. The van der Waals surface area contributed by atoms with Gasteiger partial charge in [-0.3, -0.25) is 23.5 Å². The molecule has 0 bridgehead atoms. The molecule has 1 fully saturated rings. The van der Waals surface area contributed by atoms with Gasteiger partial charge in [-0.15, -0.1) is 0 Å². The Morgan fingerprint density at radius 3 is 2.75 bits per heavy atom. The van der Waals surface area contributed by atoms with Crippen molar-refractivity contribution in [1.82, 2.24) is 4.90 Å². The van der Waals surface area contributed by atoms with Crippen LogP contribution in [0.3, 0.4) is 0 Å². The fourth-order valence-corrected chi connectivity index (χ4v) is 5.25. The summed E-state index contributed by atoms with van der Waals surface area (Å²) in [4.78, 5) is 23.9. The van der Waals surface area contributed by atoms with E-state index in [1.165, 1.54) is 0 Å². The molecule has 0 spiro atoms. The standard InChI is InChI=1S/C18H17F3NO8PS/c19-10-6-22(13(24)5-11(10)23)16-14(25)15(26)18(29-16,17(20)21)8-28-31(32)27-7-9-3-1-2-4-12(9)30-31/h1-4,6,14-17,25-26H,5,7-8H2/t14-,15+,16-,18-,31?/m1/s1. The summed E-state index contributed by atoms with van der Waals surface area (Å²) in [7, 11) is 0.